The molecule has 0 saturated heterocycles. The molecule has 4 heteroatoms. The first-order valence-corrected chi connectivity index (χ1v) is 7.22. The van der Waals surface area contributed by atoms with Crippen molar-refractivity contribution in [2.75, 3.05) is 18.1 Å². The van der Waals surface area contributed by atoms with E-state index in [1.165, 1.54) is 6.08 Å². The number of likely N-dealkylation sites (N-methyl/N-ethyl adjacent to an activating group) is 1. The van der Waals surface area contributed by atoms with Gasteiger partial charge in [0, 0.05) is 17.9 Å². The Kier molecular flexibility index (Phi) is 5.16. The lowest BCUT2D eigenvalue weighted by Gasteiger charge is -2.29. The maximum absolute atomic E-state index is 11.6. The molecule has 112 valence electrons. The van der Waals surface area contributed by atoms with Gasteiger partial charge in [-0.25, -0.2) is 4.85 Å². The summed E-state index contributed by atoms with van der Waals surface area (Å²) in [5.74, 6) is -0.586. The van der Waals surface area contributed by atoms with E-state index in [1.807, 2.05) is 24.3 Å². The first-order chi connectivity index (χ1) is 10.7. The summed E-state index contributed by atoms with van der Waals surface area (Å²) in [6, 6.07) is 8.12. The van der Waals surface area contributed by atoms with Crippen LogP contribution < -0.4 is 4.90 Å². The van der Waals surface area contributed by atoms with Crippen LogP contribution in [0.25, 0.3) is 10.9 Å². The van der Waals surface area contributed by atoms with E-state index in [-0.39, 0.29) is 12.3 Å². The van der Waals surface area contributed by atoms with Crippen molar-refractivity contribution in [2.24, 2.45) is 0 Å². The van der Waals surface area contributed by atoms with Gasteiger partial charge in [-0.15, -0.1) is 0 Å². The number of carbonyl (C=O) groups is 1. The fourth-order valence-electron chi connectivity index (χ4n) is 2.30. The van der Waals surface area contributed by atoms with Crippen LogP contribution in [0.5, 0.6) is 0 Å². The maximum Gasteiger partial charge on any atom is 0.336 e. The average molecular weight is 294 g/mol. The molecule has 0 radical (unpaired) electrons. The molecule has 2 rings (SSSR count). The summed E-state index contributed by atoms with van der Waals surface area (Å²) >= 11 is 0. The van der Waals surface area contributed by atoms with Gasteiger partial charge in [-0.1, -0.05) is 24.3 Å². The molecule has 1 aliphatic heterocycles. The zero-order chi connectivity index (χ0) is 15.9. The number of esters is 1. The highest BCUT2D eigenvalue weighted by molar-refractivity contribution is 5.90. The molecule has 4 nitrogen and oxygen atoms in total. The van der Waals surface area contributed by atoms with Gasteiger partial charge < -0.3 is 9.64 Å². The monoisotopic (exact) mass is 294 g/mol. The number of carbonyl (C=O) groups excluding carboxylic acids is 1. The zero-order valence-electron chi connectivity index (χ0n) is 12.7. The molecule has 0 saturated carbocycles. The molecule has 0 atom stereocenters. The van der Waals surface area contributed by atoms with Crippen molar-refractivity contribution >= 4 is 17.7 Å². The van der Waals surface area contributed by atoms with Crippen LogP contribution >= 0.6 is 0 Å². The summed E-state index contributed by atoms with van der Waals surface area (Å²) in [5, 5.41) is 0. The molecule has 0 amide bonds. The van der Waals surface area contributed by atoms with Crippen molar-refractivity contribution in [3.63, 3.8) is 0 Å². The Morgan fingerprint density at radius 2 is 2.09 bits per heavy atom. The summed E-state index contributed by atoms with van der Waals surface area (Å²) < 4.78 is 4.86. The minimum atomic E-state index is -0.586. The molecular formula is C18H18N2O2. The second-order valence-corrected chi connectivity index (χ2v) is 4.61. The summed E-state index contributed by atoms with van der Waals surface area (Å²) in [6.07, 6.45) is 7.31. The van der Waals surface area contributed by atoms with E-state index in [4.69, 9.17) is 11.3 Å². The third kappa shape index (κ3) is 3.26. The Morgan fingerprint density at radius 3 is 2.77 bits per heavy atom. The Hall–Kier alpha value is -2.80. The van der Waals surface area contributed by atoms with E-state index in [0.717, 1.165) is 23.5 Å². The fraction of sp³-hybridized carbons (Fsp3) is 0.222. The van der Waals surface area contributed by atoms with Crippen molar-refractivity contribution < 1.29 is 9.53 Å². The number of nitrogens with zero attached hydrogens (tertiary/aromatic N) is 2. The molecule has 0 unspecified atom stereocenters. The number of anilines is 1. The number of hydrogen-bond acceptors (Lipinski definition) is 3. The molecule has 0 fully saturated rings. The van der Waals surface area contributed by atoms with Crippen molar-refractivity contribution in [1.29, 1.82) is 0 Å². The van der Waals surface area contributed by atoms with Gasteiger partial charge in [0.15, 0.2) is 0 Å². The number of ether oxygens (including phenoxy) is 1. The standard InChI is InChI=1S/C18H18N2O2/c1-4-20-15(11-10-14-8-6-7-9-17(14)20)12-13-16(19-3)18(21)22-5-2/h6-13H,4-5H2,1-2H3. The average Bonchev–Trinajstić information content (AvgIpc) is 2.55. The van der Waals surface area contributed by atoms with Gasteiger partial charge >= 0.3 is 5.97 Å². The highest BCUT2D eigenvalue weighted by atomic mass is 16.5. The van der Waals surface area contributed by atoms with Crippen molar-refractivity contribution in [3.8, 4) is 0 Å². The van der Waals surface area contributed by atoms with E-state index in [1.54, 1.807) is 13.0 Å². The van der Waals surface area contributed by atoms with Gasteiger partial charge in [0.1, 0.15) is 0 Å². The number of para-hydroxylation sites is 1. The predicted molar refractivity (Wildman–Crippen MR) is 87.9 cm³/mol. The van der Waals surface area contributed by atoms with E-state index in [9.17, 15) is 4.79 Å². The van der Waals surface area contributed by atoms with Gasteiger partial charge in [-0.2, -0.15) is 0 Å². The minimum absolute atomic E-state index is 0.0161. The normalized spacial score (nSPS) is 15.4. The lowest BCUT2D eigenvalue weighted by molar-refractivity contribution is -0.138. The highest BCUT2D eigenvalue weighted by Crippen LogP contribution is 2.30. The molecule has 0 spiro atoms. The van der Waals surface area contributed by atoms with Gasteiger partial charge in [-0.05, 0) is 43.7 Å². The van der Waals surface area contributed by atoms with Crippen LogP contribution in [-0.4, -0.2) is 19.1 Å². The third-order valence-electron chi connectivity index (χ3n) is 3.31. The Balaban J connectivity index is 2.33. The van der Waals surface area contributed by atoms with E-state index in [2.05, 4.69) is 28.8 Å². The molecule has 1 aliphatic rings. The topological polar surface area (TPSA) is 33.9 Å². The van der Waals surface area contributed by atoms with Gasteiger partial charge in [0.25, 0.3) is 5.70 Å². The van der Waals surface area contributed by atoms with E-state index in [0.29, 0.717) is 0 Å². The van der Waals surface area contributed by atoms with Crippen LogP contribution in [0.15, 0.2) is 53.9 Å². The van der Waals surface area contributed by atoms with Crippen LogP contribution in [0, 0.1) is 6.57 Å². The summed E-state index contributed by atoms with van der Waals surface area (Å²) in [4.78, 5) is 17.0. The Labute approximate surface area is 130 Å². The first kappa shape index (κ1) is 15.6. The number of benzene rings is 1. The number of rotatable bonds is 4. The fourth-order valence-corrected chi connectivity index (χ4v) is 2.30. The molecule has 1 heterocycles. The Morgan fingerprint density at radius 1 is 1.32 bits per heavy atom. The van der Waals surface area contributed by atoms with Gasteiger partial charge in [-0.3, -0.25) is 4.79 Å². The largest absolute Gasteiger partial charge is 0.471 e. The number of hydrogen-bond donors (Lipinski definition) is 0. The second kappa shape index (κ2) is 7.28. The molecule has 22 heavy (non-hydrogen) atoms. The first-order valence-electron chi connectivity index (χ1n) is 7.22. The van der Waals surface area contributed by atoms with Crippen molar-refractivity contribution in [2.45, 2.75) is 13.8 Å². The molecule has 1 aromatic rings. The summed E-state index contributed by atoms with van der Waals surface area (Å²) in [5.41, 5.74) is 3.19. The van der Waals surface area contributed by atoms with Crippen LogP contribution in [0.4, 0.5) is 5.69 Å². The zero-order valence-corrected chi connectivity index (χ0v) is 12.7. The predicted octanol–water partition coefficient (Wildman–Crippen LogP) is 3.79. The number of fused-ring (bicyclic) bond motifs is 1. The lowest BCUT2D eigenvalue weighted by atomic mass is 10.1. The van der Waals surface area contributed by atoms with Gasteiger partial charge in [0.05, 0.1) is 13.2 Å². The molecule has 0 bridgehead atoms. The van der Waals surface area contributed by atoms with Crippen LogP contribution in [0.3, 0.4) is 0 Å². The van der Waals surface area contributed by atoms with E-state index >= 15 is 0 Å². The van der Waals surface area contributed by atoms with Crippen LogP contribution in [0.1, 0.15) is 19.4 Å². The summed E-state index contributed by atoms with van der Waals surface area (Å²) in [7, 11) is 0. The molecule has 0 N–H and O–H groups in total. The lowest BCUT2D eigenvalue weighted by Crippen LogP contribution is -2.23. The van der Waals surface area contributed by atoms with Crippen LogP contribution in [-0.2, 0) is 9.53 Å². The molecule has 0 aliphatic carbocycles. The molecule has 0 aromatic heterocycles. The van der Waals surface area contributed by atoms with Crippen LogP contribution in [0.2, 0.25) is 0 Å². The third-order valence-corrected chi connectivity index (χ3v) is 3.31. The SMILES string of the molecule is [C-]#[N+]C(=CC=C1C=Cc2ccccc2N1CC)C(=O)OCC. The van der Waals surface area contributed by atoms with Gasteiger partial charge in [0.2, 0.25) is 0 Å². The summed E-state index contributed by atoms with van der Waals surface area (Å²) in [6.45, 7) is 11.9. The van der Waals surface area contributed by atoms with E-state index < -0.39 is 5.97 Å². The van der Waals surface area contributed by atoms with Crippen molar-refractivity contribution in [1.82, 2.24) is 0 Å². The molecule has 1 aromatic carbocycles. The maximum atomic E-state index is 11.6. The highest BCUT2D eigenvalue weighted by Gasteiger charge is 2.15. The smallest absolute Gasteiger partial charge is 0.336 e. The minimum Gasteiger partial charge on any atom is -0.471 e. The molecular weight excluding hydrogens is 276 g/mol. The number of allylic oxidation sites excluding steroid dienone is 3. The second-order valence-electron chi connectivity index (χ2n) is 4.61. The van der Waals surface area contributed by atoms with Crippen molar-refractivity contribution in [3.05, 3.63) is 70.9 Å². The quantitative estimate of drug-likeness (QED) is 0.481. The Bertz CT molecular complexity index is 693.